The molecule has 0 heterocycles. The first-order valence-corrected chi connectivity index (χ1v) is 28.4. The lowest BCUT2D eigenvalue weighted by Crippen LogP contribution is -2.30. The Morgan fingerprint density at radius 2 is 0.580 bits per heavy atom. The predicted molar refractivity (Wildman–Crippen MR) is 297 cm³/mol. The molecule has 0 aromatic heterocycles. The highest BCUT2D eigenvalue weighted by atomic mass is 16.6. The van der Waals surface area contributed by atoms with Crippen LogP contribution in [0.3, 0.4) is 0 Å². The van der Waals surface area contributed by atoms with Gasteiger partial charge in [0, 0.05) is 19.3 Å². The van der Waals surface area contributed by atoms with Crippen molar-refractivity contribution < 1.29 is 28.6 Å². The normalized spacial score (nSPS) is 12.9. The topological polar surface area (TPSA) is 78.9 Å². The summed E-state index contributed by atoms with van der Waals surface area (Å²) in [4.78, 5) is 38.1. The number of rotatable bonds is 50. The van der Waals surface area contributed by atoms with Gasteiger partial charge in [0.25, 0.3) is 0 Å². The quantitative estimate of drug-likeness (QED) is 0.0262. The summed E-state index contributed by atoms with van der Waals surface area (Å²) < 4.78 is 16.8. The van der Waals surface area contributed by atoms with Gasteiger partial charge in [0.15, 0.2) is 6.10 Å². The Morgan fingerprint density at radius 1 is 0.304 bits per heavy atom. The van der Waals surface area contributed by atoms with Crippen molar-refractivity contribution in [2.45, 2.75) is 258 Å². The summed E-state index contributed by atoms with van der Waals surface area (Å²) in [6, 6.07) is 0. The molecule has 0 aromatic rings. The van der Waals surface area contributed by atoms with Crippen LogP contribution in [0.15, 0.2) is 109 Å². The zero-order chi connectivity index (χ0) is 50.0. The van der Waals surface area contributed by atoms with Gasteiger partial charge in [-0.3, -0.25) is 14.4 Å². The minimum absolute atomic E-state index is 0.112. The van der Waals surface area contributed by atoms with Crippen molar-refractivity contribution in [3.63, 3.8) is 0 Å². The third-order valence-corrected chi connectivity index (χ3v) is 11.7. The van der Waals surface area contributed by atoms with E-state index in [1.807, 2.05) is 0 Å². The van der Waals surface area contributed by atoms with Gasteiger partial charge in [-0.25, -0.2) is 0 Å². The van der Waals surface area contributed by atoms with E-state index in [0.29, 0.717) is 19.3 Å². The Kier molecular flexibility index (Phi) is 53.4. The molecule has 69 heavy (non-hydrogen) atoms. The molecule has 0 saturated carbocycles. The van der Waals surface area contributed by atoms with E-state index in [1.54, 1.807) is 0 Å². The van der Waals surface area contributed by atoms with Crippen LogP contribution in [-0.4, -0.2) is 37.2 Å². The molecule has 0 aliphatic rings. The predicted octanol–water partition coefficient (Wildman–Crippen LogP) is 19.1. The average Bonchev–Trinajstić information content (AvgIpc) is 3.35. The van der Waals surface area contributed by atoms with Crippen molar-refractivity contribution >= 4 is 17.9 Å². The molecule has 0 N–H and O–H groups in total. The molecule has 0 rings (SSSR count). The Bertz CT molecular complexity index is 1420. The average molecular weight is 958 g/mol. The number of hydrogen-bond acceptors (Lipinski definition) is 6. The fraction of sp³-hybridized carbons (Fsp3) is 0.667. The lowest BCUT2D eigenvalue weighted by molar-refractivity contribution is -0.167. The Labute approximate surface area is 425 Å². The number of unbranched alkanes of at least 4 members (excludes halogenated alkanes) is 21. The molecule has 0 aliphatic carbocycles. The van der Waals surface area contributed by atoms with Crippen molar-refractivity contribution in [2.24, 2.45) is 0 Å². The summed E-state index contributed by atoms with van der Waals surface area (Å²) >= 11 is 0. The number of hydrogen-bond donors (Lipinski definition) is 0. The van der Waals surface area contributed by atoms with Crippen LogP contribution in [0, 0.1) is 0 Å². The van der Waals surface area contributed by atoms with E-state index in [0.717, 1.165) is 103 Å². The van der Waals surface area contributed by atoms with Gasteiger partial charge in [0.2, 0.25) is 0 Å². The standard InChI is InChI=1S/C63H104O6/c1-4-7-10-13-16-19-22-25-28-31-34-37-40-43-46-49-52-55-61(64)67-58-60(69-63(66)57-54-51-48-45-42-39-36-33-30-27-24-21-18-15-12-9-6-3)59-68-62(65)56-53-50-47-44-41-38-35-32-29-26-23-20-17-14-11-8-5-2/h9,12,16,18-19,21,25-30,34,36-37,39,45,48,60H,4-8,10-11,13-15,17,20,22-24,31-33,35,38,40-44,46-47,49-59H2,1-3H3/b12-9-,19-16-,21-18-,28-25-,29-26-,30-27-,37-34-,39-36-,48-45-/t60-/m1/s1. The summed E-state index contributed by atoms with van der Waals surface area (Å²) in [6.07, 6.45) is 76.5. The smallest absolute Gasteiger partial charge is 0.306 e. The molecule has 0 saturated heterocycles. The minimum Gasteiger partial charge on any atom is -0.462 e. The summed E-state index contributed by atoms with van der Waals surface area (Å²) in [5.41, 5.74) is 0. The van der Waals surface area contributed by atoms with E-state index >= 15 is 0 Å². The van der Waals surface area contributed by atoms with Gasteiger partial charge in [-0.1, -0.05) is 220 Å². The van der Waals surface area contributed by atoms with Crippen LogP contribution in [-0.2, 0) is 28.6 Å². The summed E-state index contributed by atoms with van der Waals surface area (Å²) in [5, 5.41) is 0. The van der Waals surface area contributed by atoms with E-state index in [1.165, 1.54) is 103 Å². The molecule has 6 nitrogen and oxygen atoms in total. The van der Waals surface area contributed by atoms with Gasteiger partial charge < -0.3 is 14.2 Å². The number of carbonyl (C=O) groups is 3. The molecule has 0 bridgehead atoms. The second-order valence-electron chi connectivity index (χ2n) is 18.5. The molecule has 392 valence electrons. The van der Waals surface area contributed by atoms with Crippen LogP contribution in [0.1, 0.15) is 252 Å². The molecule has 0 fully saturated rings. The van der Waals surface area contributed by atoms with E-state index in [-0.39, 0.29) is 37.5 Å². The first kappa shape index (κ1) is 65.1. The minimum atomic E-state index is -0.821. The third kappa shape index (κ3) is 54.9. The maximum absolute atomic E-state index is 12.8. The van der Waals surface area contributed by atoms with Crippen molar-refractivity contribution in [1.82, 2.24) is 0 Å². The van der Waals surface area contributed by atoms with Crippen LogP contribution >= 0.6 is 0 Å². The summed E-state index contributed by atoms with van der Waals surface area (Å²) in [5.74, 6) is -0.997. The Hall–Kier alpha value is -3.93. The fourth-order valence-electron chi connectivity index (χ4n) is 7.48. The molecular formula is C63H104O6. The van der Waals surface area contributed by atoms with Gasteiger partial charge in [0.05, 0.1) is 0 Å². The number of ether oxygens (including phenoxy) is 3. The highest BCUT2D eigenvalue weighted by Gasteiger charge is 2.19. The molecule has 0 unspecified atom stereocenters. The zero-order valence-electron chi connectivity index (χ0n) is 44.8. The highest BCUT2D eigenvalue weighted by Crippen LogP contribution is 2.13. The second-order valence-corrected chi connectivity index (χ2v) is 18.5. The molecule has 1 atom stereocenters. The summed E-state index contributed by atoms with van der Waals surface area (Å²) in [6.45, 7) is 6.42. The number of esters is 3. The molecule has 6 heteroatoms. The maximum atomic E-state index is 12.8. The van der Waals surface area contributed by atoms with Gasteiger partial charge in [-0.15, -0.1) is 0 Å². The van der Waals surface area contributed by atoms with Crippen molar-refractivity contribution in [2.75, 3.05) is 13.2 Å². The van der Waals surface area contributed by atoms with E-state index in [9.17, 15) is 14.4 Å². The fourth-order valence-corrected chi connectivity index (χ4v) is 7.48. The van der Waals surface area contributed by atoms with Crippen molar-refractivity contribution in [1.29, 1.82) is 0 Å². The van der Waals surface area contributed by atoms with Crippen LogP contribution in [0.25, 0.3) is 0 Å². The van der Waals surface area contributed by atoms with Crippen molar-refractivity contribution in [3.05, 3.63) is 109 Å². The summed E-state index contributed by atoms with van der Waals surface area (Å²) in [7, 11) is 0. The van der Waals surface area contributed by atoms with Crippen LogP contribution < -0.4 is 0 Å². The van der Waals surface area contributed by atoms with Gasteiger partial charge in [-0.2, -0.15) is 0 Å². The maximum Gasteiger partial charge on any atom is 0.306 e. The second kappa shape index (κ2) is 56.7. The zero-order valence-corrected chi connectivity index (χ0v) is 44.8. The Balaban J connectivity index is 4.53. The monoisotopic (exact) mass is 957 g/mol. The van der Waals surface area contributed by atoms with Gasteiger partial charge in [-0.05, 0) is 122 Å². The largest absolute Gasteiger partial charge is 0.462 e. The van der Waals surface area contributed by atoms with Crippen LogP contribution in [0.2, 0.25) is 0 Å². The van der Waals surface area contributed by atoms with Crippen LogP contribution in [0.5, 0.6) is 0 Å². The lowest BCUT2D eigenvalue weighted by atomic mass is 10.1. The number of allylic oxidation sites excluding steroid dienone is 18. The molecule has 0 radical (unpaired) electrons. The van der Waals surface area contributed by atoms with E-state index in [4.69, 9.17) is 14.2 Å². The third-order valence-electron chi connectivity index (χ3n) is 11.7. The van der Waals surface area contributed by atoms with Gasteiger partial charge >= 0.3 is 17.9 Å². The van der Waals surface area contributed by atoms with Crippen molar-refractivity contribution in [3.8, 4) is 0 Å². The lowest BCUT2D eigenvalue weighted by Gasteiger charge is -2.18. The highest BCUT2D eigenvalue weighted by molar-refractivity contribution is 5.71. The van der Waals surface area contributed by atoms with E-state index in [2.05, 4.69) is 130 Å². The van der Waals surface area contributed by atoms with E-state index < -0.39 is 6.10 Å². The first-order valence-electron chi connectivity index (χ1n) is 28.4. The molecule has 0 amide bonds. The molecule has 0 aromatic carbocycles. The van der Waals surface area contributed by atoms with Gasteiger partial charge in [0.1, 0.15) is 13.2 Å². The molecule has 0 spiro atoms. The first-order chi connectivity index (χ1) is 34.0. The molecule has 0 aliphatic heterocycles. The number of carbonyl (C=O) groups excluding carboxylic acids is 3. The van der Waals surface area contributed by atoms with Crippen LogP contribution in [0.4, 0.5) is 0 Å². The Morgan fingerprint density at radius 3 is 0.971 bits per heavy atom. The molecular weight excluding hydrogens is 853 g/mol. The SMILES string of the molecule is CC/C=C\C/C=C\C/C=C\C/C=C\C/C=C\CCCC(=O)O[C@H](COC(=O)CCCCCC/C=C\C/C=C\C/C=C\CCCCC)COC(=O)CCCCCCCCC/C=C\CCCCCCCC.